The fraction of sp³-hybridized carbons (Fsp3) is 0.0213. The molecule has 0 aliphatic heterocycles. The average Bonchev–Trinajstić information content (AvgIpc) is 3.58. The molecule has 4 nitrogen and oxygen atoms in total. The van der Waals surface area contributed by atoms with E-state index >= 15 is 0 Å². The molecule has 0 unspecified atom stereocenters. The second-order valence-corrected chi connectivity index (χ2v) is 12.7. The van der Waals surface area contributed by atoms with Crippen molar-refractivity contribution < 1.29 is 4.42 Å². The first-order valence-corrected chi connectivity index (χ1v) is 17.1. The van der Waals surface area contributed by atoms with E-state index in [4.69, 9.17) is 20.1 Å². The van der Waals surface area contributed by atoms with Crippen LogP contribution in [0.1, 0.15) is 16.7 Å². The lowest BCUT2D eigenvalue weighted by molar-refractivity contribution is 0.669. The summed E-state index contributed by atoms with van der Waals surface area (Å²) >= 11 is 0. The van der Waals surface area contributed by atoms with Crippen molar-refractivity contribution in [3.8, 4) is 22.3 Å². The van der Waals surface area contributed by atoms with Crippen molar-refractivity contribution in [3.63, 3.8) is 0 Å². The van der Waals surface area contributed by atoms with E-state index in [2.05, 4.69) is 121 Å². The molecule has 8 aromatic carbocycles. The van der Waals surface area contributed by atoms with Crippen LogP contribution in [0.5, 0.6) is 0 Å². The zero-order valence-corrected chi connectivity index (χ0v) is 27.8. The van der Waals surface area contributed by atoms with Crippen LogP contribution < -0.4 is 5.73 Å². The van der Waals surface area contributed by atoms with Gasteiger partial charge in [0.15, 0.2) is 5.84 Å². The summed E-state index contributed by atoms with van der Waals surface area (Å²) < 4.78 is 6.46. The molecule has 1 heterocycles. The van der Waals surface area contributed by atoms with Gasteiger partial charge in [0.2, 0.25) is 0 Å². The van der Waals surface area contributed by atoms with Crippen molar-refractivity contribution >= 4 is 55.2 Å². The van der Waals surface area contributed by atoms with Gasteiger partial charge < -0.3 is 10.2 Å². The molecule has 0 bridgehead atoms. The van der Waals surface area contributed by atoms with E-state index < -0.39 is 0 Å². The third-order valence-corrected chi connectivity index (χ3v) is 9.61. The molecule has 242 valence electrons. The van der Waals surface area contributed by atoms with Crippen LogP contribution >= 0.6 is 0 Å². The molecule has 2 N–H and O–H groups in total. The molecule has 0 saturated heterocycles. The number of aliphatic imine (C=N–C) groups is 2. The number of benzene rings is 8. The summed E-state index contributed by atoms with van der Waals surface area (Å²) in [6.45, 7) is 0.445. The number of nitrogens with two attached hydrogens (primary N) is 1. The number of nitrogens with zero attached hydrogens (tertiary/aromatic N) is 2. The van der Waals surface area contributed by atoms with Crippen LogP contribution in [0, 0.1) is 0 Å². The number of hydrogen-bond acceptors (Lipinski definition) is 2. The highest BCUT2D eigenvalue weighted by molar-refractivity contribution is 6.16. The van der Waals surface area contributed by atoms with E-state index in [1.807, 2.05) is 54.6 Å². The lowest BCUT2D eigenvalue weighted by atomic mass is 9.92. The molecular weight excluding hydrogens is 623 g/mol. The van der Waals surface area contributed by atoms with E-state index in [-0.39, 0.29) is 0 Å². The van der Waals surface area contributed by atoms with Gasteiger partial charge in [0.1, 0.15) is 17.0 Å². The minimum Gasteiger partial charge on any atom is -0.456 e. The van der Waals surface area contributed by atoms with E-state index in [0.717, 1.165) is 76.9 Å². The van der Waals surface area contributed by atoms with Gasteiger partial charge in [-0.25, -0.2) is 4.99 Å². The highest BCUT2D eigenvalue weighted by Gasteiger charge is 2.16. The Kier molecular flexibility index (Phi) is 7.67. The monoisotopic (exact) mass is 655 g/mol. The Balaban J connectivity index is 1.12. The number of hydrogen-bond donors (Lipinski definition) is 1. The van der Waals surface area contributed by atoms with E-state index in [1.165, 1.54) is 5.56 Å². The van der Waals surface area contributed by atoms with Crippen LogP contribution in [-0.2, 0) is 6.54 Å². The first-order chi connectivity index (χ1) is 25.2. The van der Waals surface area contributed by atoms with Crippen molar-refractivity contribution in [2.45, 2.75) is 6.54 Å². The van der Waals surface area contributed by atoms with Crippen LogP contribution in [0.15, 0.2) is 190 Å². The molecule has 0 fully saturated rings. The molecule has 9 rings (SSSR count). The van der Waals surface area contributed by atoms with Gasteiger partial charge >= 0.3 is 0 Å². The van der Waals surface area contributed by atoms with Crippen molar-refractivity contribution in [1.82, 2.24) is 0 Å². The minimum absolute atomic E-state index is 0.430. The number of amidine groups is 2. The summed E-state index contributed by atoms with van der Waals surface area (Å²) in [5.74, 6) is 1.03. The van der Waals surface area contributed by atoms with Gasteiger partial charge in [-0.05, 0) is 73.6 Å². The smallest absolute Gasteiger partial charge is 0.157 e. The Labute approximate surface area is 295 Å². The van der Waals surface area contributed by atoms with Crippen LogP contribution in [0.2, 0.25) is 0 Å². The SMILES string of the molecule is N/C(=N\C(=N/Cc1ccc(-c2cccc3oc4cc(-c5ccccc5)ccc4c23)c2ccccc12)c1ccccc1)c1ccc2ccccc2c1. The van der Waals surface area contributed by atoms with Crippen LogP contribution in [-0.4, -0.2) is 11.7 Å². The van der Waals surface area contributed by atoms with Gasteiger partial charge in [-0.3, -0.25) is 4.99 Å². The Bertz CT molecular complexity index is 2780. The van der Waals surface area contributed by atoms with Gasteiger partial charge in [-0.2, -0.15) is 0 Å². The molecule has 0 amide bonds. The third-order valence-electron chi connectivity index (χ3n) is 9.61. The van der Waals surface area contributed by atoms with E-state index in [0.29, 0.717) is 18.2 Å². The van der Waals surface area contributed by atoms with Crippen molar-refractivity contribution in [2.24, 2.45) is 15.7 Å². The molecule has 51 heavy (non-hydrogen) atoms. The van der Waals surface area contributed by atoms with Gasteiger partial charge in [-0.15, -0.1) is 0 Å². The summed E-state index contributed by atoms with van der Waals surface area (Å²) in [7, 11) is 0. The standard InChI is InChI=1S/C47H33N3O/c48-46(36-23-22-32-14-7-8-17-34(32)28-36)50-47(33-15-5-2-6-16-33)49-30-37-25-26-40(39-19-10-9-18-38(37)39)41-20-11-21-43-45(41)42-27-24-35(29-44(42)51-43)31-12-3-1-4-13-31/h1-29H,30H2,(H2,48,49,50). The Morgan fingerprint density at radius 2 is 1.24 bits per heavy atom. The summed E-state index contributed by atoms with van der Waals surface area (Å²) in [6, 6.07) is 60.7. The Hall–Kier alpha value is -6.78. The molecule has 4 heteroatoms. The number of furan rings is 1. The number of fused-ring (bicyclic) bond motifs is 5. The summed E-state index contributed by atoms with van der Waals surface area (Å²) in [4.78, 5) is 10.00. The number of rotatable bonds is 6. The minimum atomic E-state index is 0.430. The maximum atomic E-state index is 6.64. The average molecular weight is 656 g/mol. The molecule has 1 aromatic heterocycles. The molecule has 0 spiro atoms. The highest BCUT2D eigenvalue weighted by Crippen LogP contribution is 2.41. The highest BCUT2D eigenvalue weighted by atomic mass is 16.3. The normalized spacial score (nSPS) is 12.3. The summed E-state index contributed by atoms with van der Waals surface area (Å²) in [5.41, 5.74) is 15.9. The second kappa shape index (κ2) is 12.9. The quantitative estimate of drug-likeness (QED) is 0.143. The predicted octanol–water partition coefficient (Wildman–Crippen LogP) is 11.6. The maximum Gasteiger partial charge on any atom is 0.157 e. The second-order valence-electron chi connectivity index (χ2n) is 12.7. The lowest BCUT2D eigenvalue weighted by Crippen LogP contribution is -2.16. The van der Waals surface area contributed by atoms with E-state index in [9.17, 15) is 0 Å². The molecule has 9 aromatic rings. The molecule has 0 saturated carbocycles. The third kappa shape index (κ3) is 5.73. The van der Waals surface area contributed by atoms with E-state index in [1.54, 1.807) is 0 Å². The predicted molar refractivity (Wildman–Crippen MR) is 213 cm³/mol. The largest absolute Gasteiger partial charge is 0.456 e. The van der Waals surface area contributed by atoms with Gasteiger partial charge in [0.25, 0.3) is 0 Å². The Morgan fingerprint density at radius 3 is 2.08 bits per heavy atom. The first-order valence-electron chi connectivity index (χ1n) is 17.1. The van der Waals surface area contributed by atoms with Gasteiger partial charge in [0.05, 0.1) is 6.54 Å². The van der Waals surface area contributed by atoms with Crippen molar-refractivity contribution in [2.75, 3.05) is 0 Å². The molecule has 0 radical (unpaired) electrons. The zero-order chi connectivity index (χ0) is 34.1. The molecule has 0 aliphatic carbocycles. The van der Waals surface area contributed by atoms with Crippen molar-refractivity contribution in [3.05, 3.63) is 193 Å². The van der Waals surface area contributed by atoms with Crippen molar-refractivity contribution in [1.29, 1.82) is 0 Å². The Morgan fingerprint density at radius 1 is 0.490 bits per heavy atom. The fourth-order valence-electron chi connectivity index (χ4n) is 7.06. The van der Waals surface area contributed by atoms with Crippen LogP contribution in [0.4, 0.5) is 0 Å². The molecule has 0 atom stereocenters. The summed E-state index contributed by atoms with van der Waals surface area (Å²) in [6.07, 6.45) is 0. The van der Waals surface area contributed by atoms with Gasteiger partial charge in [-0.1, -0.05) is 152 Å². The topological polar surface area (TPSA) is 63.9 Å². The van der Waals surface area contributed by atoms with Crippen LogP contribution in [0.25, 0.3) is 65.7 Å². The zero-order valence-electron chi connectivity index (χ0n) is 27.8. The fourth-order valence-corrected chi connectivity index (χ4v) is 7.06. The van der Waals surface area contributed by atoms with Gasteiger partial charge in [0, 0.05) is 21.9 Å². The maximum absolute atomic E-state index is 6.64. The lowest BCUT2D eigenvalue weighted by Gasteiger charge is -2.12. The van der Waals surface area contributed by atoms with Crippen LogP contribution in [0.3, 0.4) is 0 Å². The molecule has 0 aliphatic rings. The first kappa shape index (κ1) is 30.3. The molecular formula is C47H33N3O. The summed E-state index contributed by atoms with van der Waals surface area (Å²) in [5, 5.41) is 6.81.